The Kier molecular flexibility index (Phi) is 8.66. The highest BCUT2D eigenvalue weighted by Crippen LogP contribution is 2.22. The Bertz CT molecular complexity index is 1650. The molecule has 0 bridgehead atoms. The van der Waals surface area contributed by atoms with Gasteiger partial charge in [0.25, 0.3) is 0 Å². The molecule has 12 nitrogen and oxygen atoms in total. The van der Waals surface area contributed by atoms with E-state index in [1.807, 2.05) is 25.4 Å². The summed E-state index contributed by atoms with van der Waals surface area (Å²) in [5.74, 6) is -0.296. The summed E-state index contributed by atoms with van der Waals surface area (Å²) in [6.07, 6.45) is 12.6. The molecule has 5 heterocycles. The molecule has 5 aromatic heterocycles. The van der Waals surface area contributed by atoms with Gasteiger partial charge in [-0.25, -0.2) is 0 Å². The van der Waals surface area contributed by atoms with Gasteiger partial charge in [-0.3, -0.25) is 19.6 Å². The Hall–Kier alpha value is -4.30. The number of unbranched alkanes of at least 4 members (excludes halogenated alkanes) is 1. The number of carbonyl (C=O) groups excluding carboxylic acids is 2. The van der Waals surface area contributed by atoms with Crippen LogP contribution in [0.15, 0.2) is 35.8 Å². The number of pyridine rings is 1. The molecule has 0 spiro atoms. The van der Waals surface area contributed by atoms with E-state index in [-0.39, 0.29) is 24.7 Å². The quantitative estimate of drug-likeness (QED) is 0.129. The molecule has 0 aliphatic heterocycles. The first kappa shape index (κ1) is 27.3. The van der Waals surface area contributed by atoms with Crippen LogP contribution in [0.25, 0.3) is 10.9 Å². The molecule has 0 unspecified atom stereocenters. The van der Waals surface area contributed by atoms with Gasteiger partial charge in [0, 0.05) is 73.1 Å². The van der Waals surface area contributed by atoms with Crippen LogP contribution in [0.2, 0.25) is 0 Å². The van der Waals surface area contributed by atoms with Crippen LogP contribution < -0.4 is 10.6 Å². The van der Waals surface area contributed by atoms with Gasteiger partial charge < -0.3 is 20.6 Å². The zero-order chi connectivity index (χ0) is 27.9. The molecule has 0 saturated carbocycles. The molecule has 5 aromatic rings. The molecule has 0 aromatic carbocycles. The van der Waals surface area contributed by atoms with Gasteiger partial charge in [-0.2, -0.15) is 0 Å². The van der Waals surface area contributed by atoms with Gasteiger partial charge in [-0.05, 0) is 37.0 Å². The number of aromatic nitrogens is 7. The summed E-state index contributed by atoms with van der Waals surface area (Å²) in [4.78, 5) is 39.5. The topological polar surface area (TPSA) is 167 Å². The van der Waals surface area contributed by atoms with Crippen LogP contribution >= 0.6 is 22.7 Å². The highest BCUT2D eigenvalue weighted by Gasteiger charge is 2.14. The van der Waals surface area contributed by atoms with E-state index in [9.17, 15) is 9.59 Å². The first-order valence-corrected chi connectivity index (χ1v) is 14.3. The SMILES string of the molecule is C/N=C\c1c(CC(=O)Nc2nnc(CCCCc3nnc(NC(=O)Cc4c[nH]c5ccncc45)s3)s2)c[nH]c1C. The molecule has 2 amide bonds. The Labute approximate surface area is 237 Å². The molecule has 0 fully saturated rings. The first-order valence-electron chi connectivity index (χ1n) is 12.7. The number of hydrogen-bond donors (Lipinski definition) is 4. The van der Waals surface area contributed by atoms with Gasteiger partial charge in [-0.1, -0.05) is 22.7 Å². The standard InChI is InChI=1S/C26H28N10O2S2/c1-15-18(13-27-2)16(11-29-15)9-21(37)31-25-35-33-23(39-25)5-3-4-6-24-34-36-26(40-24)32-22(38)10-17-12-30-20-7-8-28-14-19(17)20/h7-8,11-14,29-30H,3-6,9-10H2,1-2H3,(H,31,35,37)(H,32,36,38)/b27-13-. The predicted molar refractivity (Wildman–Crippen MR) is 156 cm³/mol. The molecule has 0 aliphatic rings. The third-order valence-corrected chi connectivity index (χ3v) is 8.00. The summed E-state index contributed by atoms with van der Waals surface area (Å²) in [6, 6.07) is 1.88. The van der Waals surface area contributed by atoms with E-state index < -0.39 is 0 Å². The van der Waals surface area contributed by atoms with Gasteiger partial charge in [0.1, 0.15) is 10.0 Å². The van der Waals surface area contributed by atoms with Crippen molar-refractivity contribution in [2.24, 2.45) is 4.99 Å². The van der Waals surface area contributed by atoms with Crippen molar-refractivity contribution in [2.75, 3.05) is 17.7 Å². The molecular weight excluding hydrogens is 548 g/mol. The summed E-state index contributed by atoms with van der Waals surface area (Å²) in [6.45, 7) is 1.95. The van der Waals surface area contributed by atoms with Gasteiger partial charge in [-0.15, -0.1) is 20.4 Å². The van der Waals surface area contributed by atoms with Crippen molar-refractivity contribution in [2.45, 2.75) is 45.4 Å². The molecule has 14 heteroatoms. The van der Waals surface area contributed by atoms with Crippen LogP contribution in [0.5, 0.6) is 0 Å². The average molecular weight is 577 g/mol. The predicted octanol–water partition coefficient (Wildman–Crippen LogP) is 3.88. The van der Waals surface area contributed by atoms with Crippen molar-refractivity contribution in [3.05, 3.63) is 63.3 Å². The fourth-order valence-electron chi connectivity index (χ4n) is 4.25. The lowest BCUT2D eigenvalue weighted by Crippen LogP contribution is -2.14. The molecule has 4 N–H and O–H groups in total. The third kappa shape index (κ3) is 6.82. The summed E-state index contributed by atoms with van der Waals surface area (Å²) in [7, 11) is 1.70. The lowest BCUT2D eigenvalue weighted by Gasteiger charge is -2.01. The number of anilines is 2. The lowest BCUT2D eigenvalue weighted by atomic mass is 10.1. The maximum Gasteiger partial charge on any atom is 0.230 e. The molecule has 5 rings (SSSR count). The Morgan fingerprint density at radius 2 is 1.55 bits per heavy atom. The second-order valence-electron chi connectivity index (χ2n) is 9.13. The van der Waals surface area contributed by atoms with Crippen molar-refractivity contribution >= 4 is 61.9 Å². The summed E-state index contributed by atoms with van der Waals surface area (Å²) >= 11 is 2.77. The van der Waals surface area contributed by atoms with Crippen LogP contribution in [0.1, 0.15) is 45.2 Å². The Morgan fingerprint density at radius 1 is 0.925 bits per heavy atom. The maximum absolute atomic E-state index is 12.5. The Balaban J connectivity index is 1.03. The van der Waals surface area contributed by atoms with Crippen LogP contribution in [0.4, 0.5) is 10.3 Å². The molecule has 0 aliphatic carbocycles. The lowest BCUT2D eigenvalue weighted by molar-refractivity contribution is -0.116. The maximum atomic E-state index is 12.5. The molecular formula is C26H28N10O2S2. The fourth-order valence-corrected chi connectivity index (χ4v) is 5.84. The highest BCUT2D eigenvalue weighted by molar-refractivity contribution is 7.15. The van der Waals surface area contributed by atoms with Gasteiger partial charge >= 0.3 is 0 Å². The smallest absolute Gasteiger partial charge is 0.230 e. The zero-order valence-corrected chi connectivity index (χ0v) is 23.7. The molecule has 206 valence electrons. The number of carbonyl (C=O) groups is 2. The van der Waals surface area contributed by atoms with Crippen LogP contribution in [0.3, 0.4) is 0 Å². The number of amides is 2. The largest absolute Gasteiger partial charge is 0.364 e. The van der Waals surface area contributed by atoms with Crippen molar-refractivity contribution in [1.29, 1.82) is 0 Å². The average Bonchev–Trinajstić information content (AvgIpc) is 3.73. The molecule has 40 heavy (non-hydrogen) atoms. The molecule has 0 saturated heterocycles. The number of H-pyrrole nitrogens is 2. The first-order chi connectivity index (χ1) is 19.5. The number of rotatable bonds is 12. The third-order valence-electron chi connectivity index (χ3n) is 6.20. The van der Waals surface area contributed by atoms with Crippen molar-refractivity contribution in [3.63, 3.8) is 0 Å². The van der Waals surface area contributed by atoms with E-state index in [0.29, 0.717) is 10.3 Å². The van der Waals surface area contributed by atoms with Crippen molar-refractivity contribution in [1.82, 2.24) is 35.3 Å². The highest BCUT2D eigenvalue weighted by atomic mass is 32.1. The number of nitrogens with one attached hydrogen (secondary N) is 4. The second-order valence-corrected chi connectivity index (χ2v) is 11.3. The van der Waals surface area contributed by atoms with E-state index in [1.165, 1.54) is 22.7 Å². The Morgan fingerprint density at radius 3 is 2.20 bits per heavy atom. The number of aliphatic imine (C=N–C) groups is 1. The fraction of sp³-hybridized carbons (Fsp3) is 0.308. The van der Waals surface area contributed by atoms with E-state index >= 15 is 0 Å². The minimum Gasteiger partial charge on any atom is -0.364 e. The van der Waals surface area contributed by atoms with Gasteiger partial charge in [0.05, 0.1) is 12.8 Å². The van der Waals surface area contributed by atoms with Crippen LogP contribution in [0, 0.1) is 6.92 Å². The second kappa shape index (κ2) is 12.7. The molecule has 0 atom stereocenters. The summed E-state index contributed by atoms with van der Waals surface area (Å²) in [5.41, 5.74) is 4.63. The summed E-state index contributed by atoms with van der Waals surface area (Å²) < 4.78 is 0. The minimum atomic E-state index is -0.148. The number of aromatic amines is 2. The van der Waals surface area contributed by atoms with E-state index in [0.717, 1.165) is 69.0 Å². The van der Waals surface area contributed by atoms with Gasteiger partial charge in [0.2, 0.25) is 22.1 Å². The normalized spacial score (nSPS) is 11.4. The van der Waals surface area contributed by atoms with Crippen LogP contribution in [-0.2, 0) is 35.3 Å². The zero-order valence-electron chi connectivity index (χ0n) is 22.0. The molecule has 0 radical (unpaired) electrons. The number of nitrogens with zero attached hydrogens (tertiary/aromatic N) is 6. The number of hydrogen-bond acceptors (Lipinski definition) is 10. The van der Waals surface area contributed by atoms with E-state index in [1.54, 1.807) is 25.7 Å². The number of fused-ring (bicyclic) bond motifs is 1. The van der Waals surface area contributed by atoms with Gasteiger partial charge in [0.15, 0.2) is 0 Å². The number of aryl methyl sites for hydroxylation is 3. The van der Waals surface area contributed by atoms with Crippen LogP contribution in [-0.4, -0.2) is 60.4 Å². The van der Waals surface area contributed by atoms with E-state index in [2.05, 4.69) is 51.0 Å². The summed E-state index contributed by atoms with van der Waals surface area (Å²) in [5, 5.41) is 26.0. The van der Waals surface area contributed by atoms with Crippen molar-refractivity contribution < 1.29 is 9.59 Å². The monoisotopic (exact) mass is 576 g/mol. The van der Waals surface area contributed by atoms with E-state index in [4.69, 9.17) is 0 Å². The minimum absolute atomic E-state index is 0.148. The van der Waals surface area contributed by atoms with Crippen molar-refractivity contribution in [3.8, 4) is 0 Å².